The van der Waals surface area contributed by atoms with E-state index in [9.17, 15) is 0 Å². The van der Waals surface area contributed by atoms with E-state index in [0.717, 1.165) is 13.1 Å². The van der Waals surface area contributed by atoms with Crippen LogP contribution in [0.1, 0.15) is 89.9 Å². The summed E-state index contributed by atoms with van der Waals surface area (Å²) >= 11 is 0. The topological polar surface area (TPSA) is 64.1 Å². The molecule has 0 fully saturated rings. The van der Waals surface area contributed by atoms with Crippen molar-refractivity contribution in [3.8, 4) is 0 Å². The van der Waals surface area contributed by atoms with Crippen LogP contribution in [0.15, 0.2) is 36.2 Å². The van der Waals surface area contributed by atoms with Crippen LogP contribution >= 0.6 is 0 Å². The van der Waals surface area contributed by atoms with Gasteiger partial charge in [-0.3, -0.25) is 0 Å². The highest BCUT2D eigenvalue weighted by Gasteiger charge is 2.13. The van der Waals surface area contributed by atoms with E-state index in [2.05, 4.69) is 35.8 Å². The largest absolute Gasteiger partial charge is 0.365 e. The molecule has 0 unspecified atom stereocenters. The van der Waals surface area contributed by atoms with Crippen molar-refractivity contribution in [3.05, 3.63) is 36.2 Å². The van der Waals surface area contributed by atoms with Crippen molar-refractivity contribution in [1.29, 1.82) is 0 Å². The van der Waals surface area contributed by atoms with Crippen LogP contribution in [-0.2, 0) is 0 Å². The van der Waals surface area contributed by atoms with Gasteiger partial charge in [-0.1, -0.05) is 76.4 Å². The highest BCUT2D eigenvalue weighted by molar-refractivity contribution is 5.22. The fourth-order valence-electron chi connectivity index (χ4n) is 3.67. The summed E-state index contributed by atoms with van der Waals surface area (Å²) in [5.74, 6) is 0.676. The van der Waals surface area contributed by atoms with Crippen LogP contribution in [0.4, 0.5) is 0 Å². The average molecular weight is 362 g/mol. The van der Waals surface area contributed by atoms with E-state index < -0.39 is 0 Å². The van der Waals surface area contributed by atoms with E-state index in [4.69, 9.17) is 11.5 Å². The third-order valence-electron chi connectivity index (χ3n) is 5.30. The molecule has 0 aromatic heterocycles. The van der Waals surface area contributed by atoms with Crippen molar-refractivity contribution in [1.82, 2.24) is 5.32 Å². The minimum atomic E-state index is 0.676. The molecule has 5 N–H and O–H groups in total. The van der Waals surface area contributed by atoms with E-state index in [-0.39, 0.29) is 0 Å². The Labute approximate surface area is 162 Å². The molecule has 150 valence electrons. The van der Waals surface area contributed by atoms with Gasteiger partial charge in [-0.2, -0.15) is 0 Å². The highest BCUT2D eigenvalue weighted by Crippen LogP contribution is 2.25. The minimum absolute atomic E-state index is 0.676. The number of unbranched alkanes of at least 4 members (excludes halogenated alkanes) is 10. The normalized spacial score (nSPS) is 13.7. The van der Waals surface area contributed by atoms with Crippen molar-refractivity contribution in [2.24, 2.45) is 17.4 Å². The molecule has 1 aliphatic heterocycles. The Morgan fingerprint density at radius 1 is 0.615 bits per heavy atom. The summed E-state index contributed by atoms with van der Waals surface area (Å²) in [6.45, 7) is 1.68. The Kier molecular flexibility index (Phi) is 15.3. The molecular weight excluding hydrogens is 318 g/mol. The Morgan fingerprint density at radius 3 is 1.65 bits per heavy atom. The monoisotopic (exact) mass is 361 g/mol. The Hall–Kier alpha value is -1.06. The molecule has 0 saturated heterocycles. The molecule has 1 rings (SSSR count). The molecular formula is C23H43N3. The van der Waals surface area contributed by atoms with Gasteiger partial charge in [0.25, 0.3) is 0 Å². The number of hydrogen-bond acceptors (Lipinski definition) is 3. The van der Waals surface area contributed by atoms with Gasteiger partial charge in [0.15, 0.2) is 0 Å². The second kappa shape index (κ2) is 17.4. The Morgan fingerprint density at radius 2 is 1.12 bits per heavy atom. The molecule has 1 heterocycles. The van der Waals surface area contributed by atoms with Crippen LogP contribution in [0, 0.1) is 5.92 Å². The molecule has 0 aromatic rings. The minimum Gasteiger partial charge on any atom is -0.365 e. The van der Waals surface area contributed by atoms with Crippen LogP contribution in [0.3, 0.4) is 0 Å². The zero-order valence-corrected chi connectivity index (χ0v) is 16.9. The van der Waals surface area contributed by atoms with Gasteiger partial charge in [0.1, 0.15) is 0 Å². The lowest BCUT2D eigenvalue weighted by Crippen LogP contribution is -2.15. The second-order valence-electron chi connectivity index (χ2n) is 7.60. The lowest BCUT2D eigenvalue weighted by Gasteiger charge is -2.20. The van der Waals surface area contributed by atoms with Gasteiger partial charge in [-0.15, -0.1) is 0 Å². The van der Waals surface area contributed by atoms with Gasteiger partial charge >= 0.3 is 0 Å². The first kappa shape index (κ1) is 23.0. The summed E-state index contributed by atoms with van der Waals surface area (Å²) in [4.78, 5) is 0. The molecule has 0 atom stereocenters. The van der Waals surface area contributed by atoms with Crippen molar-refractivity contribution >= 4 is 0 Å². The SMILES string of the molecule is NCCCCCCCCC(CCCCCCCCN)C1=CC=CC=CN1. The maximum absolute atomic E-state index is 5.57. The number of rotatable bonds is 17. The first-order valence-corrected chi connectivity index (χ1v) is 11.1. The smallest absolute Gasteiger partial charge is 0.0178 e. The van der Waals surface area contributed by atoms with Crippen molar-refractivity contribution in [3.63, 3.8) is 0 Å². The van der Waals surface area contributed by atoms with Gasteiger partial charge in [0.05, 0.1) is 0 Å². The number of nitrogens with one attached hydrogen (secondary N) is 1. The summed E-state index contributed by atoms with van der Waals surface area (Å²) < 4.78 is 0. The first-order chi connectivity index (χ1) is 12.9. The van der Waals surface area contributed by atoms with Crippen molar-refractivity contribution < 1.29 is 0 Å². The quantitative estimate of drug-likeness (QED) is 0.298. The maximum Gasteiger partial charge on any atom is 0.0178 e. The van der Waals surface area contributed by atoms with Gasteiger partial charge in [-0.05, 0) is 56.8 Å². The van der Waals surface area contributed by atoms with Gasteiger partial charge in [0, 0.05) is 11.9 Å². The average Bonchev–Trinajstić information content (AvgIpc) is 2.94. The third-order valence-corrected chi connectivity index (χ3v) is 5.30. The van der Waals surface area contributed by atoms with Crippen molar-refractivity contribution in [2.75, 3.05) is 13.1 Å². The highest BCUT2D eigenvalue weighted by atomic mass is 14.9. The lowest BCUT2D eigenvalue weighted by atomic mass is 9.91. The van der Waals surface area contributed by atoms with Crippen LogP contribution in [0.25, 0.3) is 0 Å². The second-order valence-corrected chi connectivity index (χ2v) is 7.60. The molecule has 0 aliphatic carbocycles. The molecule has 1 aliphatic rings. The van der Waals surface area contributed by atoms with Gasteiger partial charge in [-0.25, -0.2) is 0 Å². The van der Waals surface area contributed by atoms with E-state index in [0.29, 0.717) is 5.92 Å². The standard InChI is InChI=1S/C23H43N3/c24-19-13-7-3-1-5-10-16-22(23-18-12-9-15-21-26-23)17-11-6-2-4-8-14-20-25/h9,12,15,18,21-22,26H,1-8,10-11,13-14,16-17,19-20,24-25H2. The van der Waals surface area contributed by atoms with E-state index in [1.807, 2.05) is 0 Å². The summed E-state index contributed by atoms with van der Waals surface area (Å²) in [7, 11) is 0. The van der Waals surface area contributed by atoms with Crippen LogP contribution in [0.2, 0.25) is 0 Å². The Bertz CT molecular complexity index is 380. The molecule has 0 radical (unpaired) electrons. The van der Waals surface area contributed by atoms with Crippen LogP contribution in [-0.4, -0.2) is 13.1 Å². The van der Waals surface area contributed by atoms with Gasteiger partial charge < -0.3 is 16.8 Å². The summed E-state index contributed by atoms with van der Waals surface area (Å²) in [6, 6.07) is 0. The summed E-state index contributed by atoms with van der Waals surface area (Å²) in [5, 5.41) is 3.51. The summed E-state index contributed by atoms with van der Waals surface area (Å²) in [5.41, 5.74) is 12.5. The number of nitrogens with two attached hydrogens (primary N) is 2. The first-order valence-electron chi connectivity index (χ1n) is 11.1. The maximum atomic E-state index is 5.57. The molecule has 0 saturated carbocycles. The third kappa shape index (κ3) is 12.3. The molecule has 0 bridgehead atoms. The number of hydrogen-bond donors (Lipinski definition) is 3. The molecule has 3 nitrogen and oxygen atoms in total. The molecule has 26 heavy (non-hydrogen) atoms. The predicted molar refractivity (Wildman–Crippen MR) is 116 cm³/mol. The fourth-order valence-corrected chi connectivity index (χ4v) is 3.67. The van der Waals surface area contributed by atoms with Crippen LogP contribution in [0.5, 0.6) is 0 Å². The summed E-state index contributed by atoms with van der Waals surface area (Å²) in [6.07, 6.45) is 29.1. The van der Waals surface area contributed by atoms with Gasteiger partial charge in [0.2, 0.25) is 0 Å². The number of allylic oxidation sites excluding steroid dienone is 5. The van der Waals surface area contributed by atoms with E-state index in [1.54, 1.807) is 0 Å². The zero-order valence-electron chi connectivity index (χ0n) is 16.9. The molecule has 0 amide bonds. The Balaban J connectivity index is 2.26. The van der Waals surface area contributed by atoms with E-state index >= 15 is 0 Å². The molecule has 3 heteroatoms. The molecule has 0 spiro atoms. The van der Waals surface area contributed by atoms with Crippen molar-refractivity contribution in [2.45, 2.75) is 89.9 Å². The molecule has 0 aromatic carbocycles. The lowest BCUT2D eigenvalue weighted by molar-refractivity contribution is 0.437. The fraction of sp³-hybridized carbons (Fsp3) is 0.739. The predicted octanol–water partition coefficient (Wildman–Crippen LogP) is 5.54. The van der Waals surface area contributed by atoms with E-state index in [1.165, 1.54) is 95.6 Å². The van der Waals surface area contributed by atoms with Crippen LogP contribution < -0.4 is 16.8 Å². The zero-order chi connectivity index (χ0) is 18.7.